The number of ether oxygens (including phenoxy) is 2. The molecule has 6 nitrogen and oxygen atoms in total. The predicted octanol–water partition coefficient (Wildman–Crippen LogP) is 2.90. The van der Waals surface area contributed by atoms with Gasteiger partial charge in [0, 0.05) is 4.88 Å². The summed E-state index contributed by atoms with van der Waals surface area (Å²) in [5.41, 5.74) is 0.0453. The van der Waals surface area contributed by atoms with Crippen molar-refractivity contribution in [2.45, 2.75) is 46.6 Å². The van der Waals surface area contributed by atoms with Gasteiger partial charge in [0.05, 0.1) is 18.7 Å². The lowest BCUT2D eigenvalue weighted by atomic mass is 10.2. The third-order valence-electron chi connectivity index (χ3n) is 2.12. The fourth-order valence-electron chi connectivity index (χ4n) is 1.39. The monoisotopic (exact) mass is 300 g/mol. The summed E-state index contributed by atoms with van der Waals surface area (Å²) in [7, 11) is 0. The van der Waals surface area contributed by atoms with Crippen molar-refractivity contribution in [3.8, 4) is 0 Å². The van der Waals surface area contributed by atoms with E-state index in [-0.39, 0.29) is 12.4 Å². The number of thiazole rings is 1. The smallest absolute Gasteiger partial charge is 0.413 e. The summed E-state index contributed by atoms with van der Waals surface area (Å²) in [5.74, 6) is -0.329. The first kappa shape index (κ1) is 16.4. The van der Waals surface area contributed by atoms with Gasteiger partial charge in [-0.1, -0.05) is 0 Å². The van der Waals surface area contributed by atoms with Gasteiger partial charge in [-0.3, -0.25) is 10.1 Å². The number of aryl methyl sites for hydroxylation is 1. The standard InChI is InChI=1S/C13H20N2O4S/c1-6-18-10(16)7-9-8(2)20-11(14-9)15-12(17)19-13(3,4)5/h6-7H2,1-5H3,(H,14,15,17). The number of nitrogens with zero attached hydrogens (tertiary/aromatic N) is 1. The van der Waals surface area contributed by atoms with Crippen molar-refractivity contribution in [3.05, 3.63) is 10.6 Å². The zero-order chi connectivity index (χ0) is 15.3. The highest BCUT2D eigenvalue weighted by atomic mass is 32.1. The molecule has 0 bridgehead atoms. The molecule has 0 fully saturated rings. The van der Waals surface area contributed by atoms with E-state index in [1.165, 1.54) is 11.3 Å². The average molecular weight is 300 g/mol. The summed E-state index contributed by atoms with van der Waals surface area (Å²) in [6.07, 6.45) is -0.458. The Labute approximate surface area is 122 Å². The minimum absolute atomic E-state index is 0.103. The Balaban J connectivity index is 2.65. The predicted molar refractivity (Wildman–Crippen MR) is 77.0 cm³/mol. The molecular formula is C13H20N2O4S. The van der Waals surface area contributed by atoms with Crippen LogP contribution in [0.15, 0.2) is 0 Å². The number of carbonyl (C=O) groups excluding carboxylic acids is 2. The number of aromatic nitrogens is 1. The Bertz CT molecular complexity index is 491. The molecule has 0 radical (unpaired) electrons. The van der Waals surface area contributed by atoms with Gasteiger partial charge in [0.15, 0.2) is 5.13 Å². The molecule has 0 spiro atoms. The van der Waals surface area contributed by atoms with E-state index in [9.17, 15) is 9.59 Å². The van der Waals surface area contributed by atoms with Crippen molar-refractivity contribution in [2.24, 2.45) is 0 Å². The van der Waals surface area contributed by atoms with E-state index in [0.717, 1.165) is 4.88 Å². The van der Waals surface area contributed by atoms with Crippen LogP contribution in [0.2, 0.25) is 0 Å². The first-order valence-electron chi connectivity index (χ1n) is 6.33. The van der Waals surface area contributed by atoms with Crippen LogP contribution in [0.5, 0.6) is 0 Å². The Morgan fingerprint density at radius 1 is 1.35 bits per heavy atom. The molecule has 0 aliphatic heterocycles. The van der Waals surface area contributed by atoms with Gasteiger partial charge in [0.1, 0.15) is 5.60 Å². The molecule has 0 aliphatic carbocycles. The zero-order valence-corrected chi connectivity index (χ0v) is 13.2. The van der Waals surface area contributed by atoms with E-state index < -0.39 is 11.7 Å². The van der Waals surface area contributed by atoms with Crippen LogP contribution in [0.3, 0.4) is 0 Å². The zero-order valence-electron chi connectivity index (χ0n) is 12.4. The number of hydrogen-bond donors (Lipinski definition) is 1. The lowest BCUT2D eigenvalue weighted by Gasteiger charge is -2.18. The minimum atomic E-state index is -0.565. The average Bonchev–Trinajstić information content (AvgIpc) is 2.56. The van der Waals surface area contributed by atoms with E-state index in [2.05, 4.69) is 10.3 Å². The van der Waals surface area contributed by atoms with E-state index in [1.807, 2.05) is 6.92 Å². The first-order valence-corrected chi connectivity index (χ1v) is 7.15. The van der Waals surface area contributed by atoms with Crippen LogP contribution in [0.1, 0.15) is 38.3 Å². The van der Waals surface area contributed by atoms with Crippen LogP contribution in [-0.4, -0.2) is 29.3 Å². The molecule has 7 heteroatoms. The Morgan fingerprint density at radius 2 is 2.00 bits per heavy atom. The van der Waals surface area contributed by atoms with E-state index in [0.29, 0.717) is 17.4 Å². The molecule has 1 aromatic heterocycles. The van der Waals surface area contributed by atoms with Crippen LogP contribution in [0.25, 0.3) is 0 Å². The summed E-state index contributed by atoms with van der Waals surface area (Å²) in [6, 6.07) is 0. The summed E-state index contributed by atoms with van der Waals surface area (Å²) >= 11 is 1.30. The molecule has 1 aromatic rings. The Hall–Kier alpha value is -1.63. The summed E-state index contributed by atoms with van der Waals surface area (Å²) in [6.45, 7) is 9.28. The Morgan fingerprint density at radius 3 is 2.55 bits per heavy atom. The van der Waals surface area contributed by atoms with Crippen LogP contribution >= 0.6 is 11.3 Å². The molecule has 0 saturated heterocycles. The minimum Gasteiger partial charge on any atom is -0.466 e. The van der Waals surface area contributed by atoms with E-state index >= 15 is 0 Å². The van der Waals surface area contributed by atoms with Gasteiger partial charge in [0.2, 0.25) is 0 Å². The molecule has 20 heavy (non-hydrogen) atoms. The van der Waals surface area contributed by atoms with Gasteiger partial charge in [-0.15, -0.1) is 11.3 Å². The maximum Gasteiger partial charge on any atom is 0.413 e. The molecule has 0 aliphatic rings. The number of rotatable bonds is 4. The normalized spacial score (nSPS) is 11.1. The summed E-state index contributed by atoms with van der Waals surface area (Å²) in [5, 5.41) is 2.97. The molecule has 0 aromatic carbocycles. The second kappa shape index (κ2) is 6.69. The number of esters is 1. The van der Waals surface area contributed by atoms with Gasteiger partial charge in [0.25, 0.3) is 0 Å². The van der Waals surface area contributed by atoms with Crippen molar-refractivity contribution in [1.82, 2.24) is 4.98 Å². The second-order valence-electron chi connectivity index (χ2n) is 5.13. The summed E-state index contributed by atoms with van der Waals surface area (Å²) in [4.78, 5) is 28.1. The fourth-order valence-corrected chi connectivity index (χ4v) is 2.20. The molecule has 112 valence electrons. The van der Waals surface area contributed by atoms with Gasteiger partial charge < -0.3 is 9.47 Å². The first-order chi connectivity index (χ1) is 9.21. The summed E-state index contributed by atoms with van der Waals surface area (Å²) < 4.78 is 10.0. The van der Waals surface area contributed by atoms with Crippen LogP contribution in [0.4, 0.5) is 9.93 Å². The third-order valence-corrected chi connectivity index (χ3v) is 3.05. The van der Waals surface area contributed by atoms with Gasteiger partial charge in [-0.05, 0) is 34.6 Å². The molecule has 1 amide bonds. The number of hydrogen-bond acceptors (Lipinski definition) is 6. The fraction of sp³-hybridized carbons (Fsp3) is 0.615. The number of anilines is 1. The van der Waals surface area contributed by atoms with Crippen molar-refractivity contribution in [3.63, 3.8) is 0 Å². The van der Waals surface area contributed by atoms with Crippen molar-refractivity contribution >= 4 is 28.5 Å². The maximum atomic E-state index is 11.6. The van der Waals surface area contributed by atoms with Crippen molar-refractivity contribution < 1.29 is 19.1 Å². The number of carbonyl (C=O) groups is 2. The molecule has 1 N–H and O–H groups in total. The lowest BCUT2D eigenvalue weighted by molar-refractivity contribution is -0.142. The second-order valence-corrected chi connectivity index (χ2v) is 6.33. The molecule has 0 unspecified atom stereocenters. The van der Waals surface area contributed by atoms with E-state index in [4.69, 9.17) is 9.47 Å². The lowest BCUT2D eigenvalue weighted by Crippen LogP contribution is -2.27. The molecule has 1 rings (SSSR count). The molecule has 1 heterocycles. The maximum absolute atomic E-state index is 11.6. The highest BCUT2D eigenvalue weighted by Crippen LogP contribution is 2.23. The molecule has 0 atom stereocenters. The quantitative estimate of drug-likeness (QED) is 0.865. The number of amides is 1. The van der Waals surface area contributed by atoms with Crippen LogP contribution in [0, 0.1) is 6.92 Å². The largest absolute Gasteiger partial charge is 0.466 e. The van der Waals surface area contributed by atoms with Gasteiger partial charge in [-0.2, -0.15) is 0 Å². The highest BCUT2D eigenvalue weighted by molar-refractivity contribution is 7.15. The number of nitrogens with one attached hydrogen (secondary N) is 1. The molecule has 0 saturated carbocycles. The topological polar surface area (TPSA) is 77.5 Å². The van der Waals surface area contributed by atoms with E-state index in [1.54, 1.807) is 27.7 Å². The highest BCUT2D eigenvalue weighted by Gasteiger charge is 2.18. The molecular weight excluding hydrogens is 280 g/mol. The van der Waals surface area contributed by atoms with Crippen molar-refractivity contribution in [1.29, 1.82) is 0 Å². The van der Waals surface area contributed by atoms with Crippen molar-refractivity contribution in [2.75, 3.05) is 11.9 Å². The SMILES string of the molecule is CCOC(=O)Cc1nc(NC(=O)OC(C)(C)C)sc1C. The Kier molecular flexibility index (Phi) is 5.50. The van der Waals surface area contributed by atoms with Crippen LogP contribution in [-0.2, 0) is 20.7 Å². The van der Waals surface area contributed by atoms with Crippen LogP contribution < -0.4 is 5.32 Å². The van der Waals surface area contributed by atoms with Gasteiger partial charge >= 0.3 is 12.1 Å². The van der Waals surface area contributed by atoms with Gasteiger partial charge in [-0.25, -0.2) is 9.78 Å². The third kappa shape index (κ3) is 5.56.